The molecule has 0 bridgehead atoms. The van der Waals surface area contributed by atoms with E-state index in [0.717, 1.165) is 69.6 Å². The maximum atomic E-state index is 6.16. The molecule has 31 heavy (non-hydrogen) atoms. The molecule has 0 spiro atoms. The Hall–Kier alpha value is -1.10. The van der Waals surface area contributed by atoms with Crippen molar-refractivity contribution in [2.75, 3.05) is 66.6 Å². The van der Waals surface area contributed by atoms with Gasteiger partial charge in [-0.1, -0.05) is 12.1 Å². The highest BCUT2D eigenvalue weighted by atomic mass is 127. The highest BCUT2D eigenvalue weighted by Crippen LogP contribution is 2.22. The van der Waals surface area contributed by atoms with Crippen molar-refractivity contribution in [1.29, 1.82) is 0 Å². The largest absolute Gasteiger partial charge is 0.493 e. The smallest absolute Gasteiger partial charge is 0.191 e. The Morgan fingerprint density at radius 3 is 2.71 bits per heavy atom. The Balaban J connectivity index is 0.00000341. The van der Waals surface area contributed by atoms with Crippen LogP contribution in [0.15, 0.2) is 23.2 Å². The number of nitrogens with one attached hydrogen (secondary N) is 2. The fourth-order valence-electron chi connectivity index (χ4n) is 3.90. The van der Waals surface area contributed by atoms with Crippen LogP contribution in [0.25, 0.3) is 0 Å². The van der Waals surface area contributed by atoms with Gasteiger partial charge in [0.25, 0.3) is 0 Å². The lowest BCUT2D eigenvalue weighted by Gasteiger charge is -2.36. The molecule has 2 saturated heterocycles. The first kappa shape index (κ1) is 26.2. The van der Waals surface area contributed by atoms with Gasteiger partial charge in [-0.25, -0.2) is 0 Å². The third kappa shape index (κ3) is 8.40. The van der Waals surface area contributed by atoms with Gasteiger partial charge in [-0.3, -0.25) is 9.89 Å². The van der Waals surface area contributed by atoms with Crippen LogP contribution in [0.4, 0.5) is 0 Å². The Morgan fingerprint density at radius 1 is 1.26 bits per heavy atom. The molecule has 2 atom stereocenters. The number of aryl methyl sites for hydroxylation is 1. The van der Waals surface area contributed by atoms with E-state index in [1.54, 1.807) is 0 Å². The van der Waals surface area contributed by atoms with Gasteiger partial charge in [0, 0.05) is 70.4 Å². The summed E-state index contributed by atoms with van der Waals surface area (Å²) in [6.45, 7) is 12.8. The van der Waals surface area contributed by atoms with Crippen LogP contribution in [0.3, 0.4) is 0 Å². The molecule has 0 saturated carbocycles. The Morgan fingerprint density at radius 2 is 2.03 bits per heavy atom. The van der Waals surface area contributed by atoms with Crippen molar-refractivity contribution in [1.82, 2.24) is 20.4 Å². The number of hydrogen-bond donors (Lipinski definition) is 2. The molecular weight excluding hydrogens is 505 g/mol. The summed E-state index contributed by atoms with van der Waals surface area (Å²) in [5.74, 6) is 2.28. The number of ether oxygens (including phenoxy) is 2. The molecular formula is C23H40IN5O2. The second-order valence-electron chi connectivity index (χ2n) is 8.65. The summed E-state index contributed by atoms with van der Waals surface area (Å²) in [6, 6.07) is 6.87. The van der Waals surface area contributed by atoms with Gasteiger partial charge in [0.1, 0.15) is 5.75 Å². The Kier molecular flexibility index (Phi) is 11.3. The lowest BCUT2D eigenvalue weighted by molar-refractivity contribution is 0.120. The first-order valence-corrected chi connectivity index (χ1v) is 11.2. The average molecular weight is 546 g/mol. The molecule has 0 aliphatic carbocycles. The van der Waals surface area contributed by atoms with Gasteiger partial charge in [-0.15, -0.1) is 24.0 Å². The van der Waals surface area contributed by atoms with Gasteiger partial charge in [0.05, 0.1) is 13.2 Å². The Bertz CT molecular complexity index is 689. The monoisotopic (exact) mass is 545 g/mol. The van der Waals surface area contributed by atoms with Gasteiger partial charge in [0.15, 0.2) is 5.96 Å². The molecule has 3 rings (SSSR count). The van der Waals surface area contributed by atoms with E-state index < -0.39 is 0 Å². The summed E-state index contributed by atoms with van der Waals surface area (Å²) in [6.07, 6.45) is 1.08. The van der Waals surface area contributed by atoms with Gasteiger partial charge in [0.2, 0.25) is 0 Å². The number of nitrogens with zero attached hydrogens (tertiary/aromatic N) is 3. The van der Waals surface area contributed by atoms with Gasteiger partial charge < -0.3 is 25.0 Å². The third-order valence-corrected chi connectivity index (χ3v) is 6.12. The van der Waals surface area contributed by atoms with E-state index in [1.807, 2.05) is 7.05 Å². The summed E-state index contributed by atoms with van der Waals surface area (Å²) < 4.78 is 11.6. The molecule has 176 valence electrons. The van der Waals surface area contributed by atoms with Crippen molar-refractivity contribution in [3.05, 3.63) is 29.3 Å². The minimum absolute atomic E-state index is 0. The minimum Gasteiger partial charge on any atom is -0.493 e. The van der Waals surface area contributed by atoms with Crippen LogP contribution in [0.2, 0.25) is 0 Å². The van der Waals surface area contributed by atoms with Crippen molar-refractivity contribution in [3.8, 4) is 5.75 Å². The maximum Gasteiger partial charge on any atom is 0.191 e. The van der Waals surface area contributed by atoms with Crippen LogP contribution in [-0.4, -0.2) is 88.4 Å². The molecule has 0 amide bonds. The number of aliphatic imine (C=N–C) groups is 1. The molecule has 8 heteroatoms. The Labute approximate surface area is 205 Å². The van der Waals surface area contributed by atoms with Crippen LogP contribution in [0.1, 0.15) is 24.5 Å². The van der Waals surface area contributed by atoms with Gasteiger partial charge in [-0.05, 0) is 38.9 Å². The predicted octanol–water partition coefficient (Wildman–Crippen LogP) is 2.33. The normalized spacial score (nSPS) is 21.4. The van der Waals surface area contributed by atoms with E-state index >= 15 is 0 Å². The first-order chi connectivity index (χ1) is 14.5. The SMILES string of the molecule is CN=C(NCc1ccc(C)cc1OCC1CCOC1)NCC(C)N1CCN(C)CC1.I. The van der Waals surface area contributed by atoms with E-state index in [4.69, 9.17) is 9.47 Å². The van der Waals surface area contributed by atoms with Crippen molar-refractivity contribution >= 4 is 29.9 Å². The molecule has 2 unspecified atom stereocenters. The summed E-state index contributed by atoms with van der Waals surface area (Å²) in [7, 11) is 4.01. The summed E-state index contributed by atoms with van der Waals surface area (Å²) in [4.78, 5) is 9.33. The number of halogens is 1. The molecule has 2 fully saturated rings. The first-order valence-electron chi connectivity index (χ1n) is 11.2. The molecule has 0 radical (unpaired) electrons. The van der Waals surface area contributed by atoms with Crippen LogP contribution in [-0.2, 0) is 11.3 Å². The molecule has 0 aromatic heterocycles. The van der Waals surface area contributed by atoms with E-state index in [0.29, 0.717) is 25.1 Å². The third-order valence-electron chi connectivity index (χ3n) is 6.12. The second-order valence-corrected chi connectivity index (χ2v) is 8.65. The van der Waals surface area contributed by atoms with Crippen LogP contribution < -0.4 is 15.4 Å². The lowest BCUT2D eigenvalue weighted by Crippen LogP contribution is -2.52. The number of guanidine groups is 1. The fraction of sp³-hybridized carbons (Fsp3) is 0.696. The summed E-state index contributed by atoms with van der Waals surface area (Å²) >= 11 is 0. The number of hydrogen-bond acceptors (Lipinski definition) is 5. The number of likely N-dealkylation sites (N-methyl/N-ethyl adjacent to an activating group) is 1. The minimum atomic E-state index is 0. The van der Waals surface area contributed by atoms with Crippen molar-refractivity contribution in [2.45, 2.75) is 32.9 Å². The van der Waals surface area contributed by atoms with E-state index in [-0.39, 0.29) is 24.0 Å². The average Bonchev–Trinajstić information content (AvgIpc) is 3.27. The number of benzene rings is 1. The number of rotatable bonds is 8. The maximum absolute atomic E-state index is 6.16. The standard InChI is InChI=1S/C23H39N5O2.HI/c1-18-5-6-21(22(13-18)30-17-20-7-12-29-16-20)15-26-23(24-3)25-14-19(2)28-10-8-27(4)9-11-28;/h5-6,13,19-20H,7-12,14-17H2,1-4H3,(H2,24,25,26);1H. The van der Waals surface area contributed by atoms with Crippen molar-refractivity contribution < 1.29 is 9.47 Å². The summed E-state index contributed by atoms with van der Waals surface area (Å²) in [5, 5.41) is 6.93. The molecule has 2 aliphatic heterocycles. The van der Waals surface area contributed by atoms with Crippen LogP contribution in [0.5, 0.6) is 5.75 Å². The highest BCUT2D eigenvalue weighted by molar-refractivity contribution is 14.0. The quantitative estimate of drug-likeness (QED) is 0.297. The topological polar surface area (TPSA) is 61.4 Å². The zero-order valence-electron chi connectivity index (χ0n) is 19.5. The second kappa shape index (κ2) is 13.4. The van der Waals surface area contributed by atoms with Gasteiger partial charge >= 0.3 is 0 Å². The fourth-order valence-corrected chi connectivity index (χ4v) is 3.90. The van der Waals surface area contributed by atoms with Gasteiger partial charge in [-0.2, -0.15) is 0 Å². The molecule has 2 heterocycles. The predicted molar refractivity (Wildman–Crippen MR) is 138 cm³/mol. The zero-order chi connectivity index (χ0) is 21.3. The van der Waals surface area contributed by atoms with Crippen LogP contribution >= 0.6 is 24.0 Å². The number of piperazine rings is 1. The summed E-state index contributed by atoms with van der Waals surface area (Å²) in [5.41, 5.74) is 2.36. The van der Waals surface area contributed by atoms with E-state index in [1.165, 1.54) is 5.56 Å². The van der Waals surface area contributed by atoms with Crippen molar-refractivity contribution in [2.24, 2.45) is 10.9 Å². The van der Waals surface area contributed by atoms with E-state index in [9.17, 15) is 0 Å². The lowest BCUT2D eigenvalue weighted by atomic mass is 10.1. The van der Waals surface area contributed by atoms with E-state index in [2.05, 4.69) is 64.5 Å². The molecule has 7 nitrogen and oxygen atoms in total. The zero-order valence-corrected chi connectivity index (χ0v) is 21.9. The van der Waals surface area contributed by atoms with Crippen LogP contribution in [0, 0.1) is 12.8 Å². The molecule has 1 aromatic carbocycles. The molecule has 2 aliphatic rings. The molecule has 1 aromatic rings. The molecule has 2 N–H and O–H groups in total. The highest BCUT2D eigenvalue weighted by Gasteiger charge is 2.19. The van der Waals surface area contributed by atoms with Crippen molar-refractivity contribution in [3.63, 3.8) is 0 Å².